The first kappa shape index (κ1) is 19.6. The Bertz CT molecular complexity index is 637. The van der Waals surface area contributed by atoms with E-state index in [2.05, 4.69) is 36.5 Å². The third-order valence-corrected chi connectivity index (χ3v) is 7.42. The second-order valence-electron chi connectivity index (χ2n) is 9.09. The second-order valence-corrected chi connectivity index (χ2v) is 9.09. The highest BCUT2D eigenvalue weighted by Gasteiger charge is 2.63. The molecule has 5 unspecified atom stereocenters. The predicted molar refractivity (Wildman–Crippen MR) is 103 cm³/mol. The number of rotatable bonds is 0. The normalized spacial score (nSPS) is 46.5. The molecule has 144 valence electrons. The molecule has 2 fully saturated rings. The van der Waals surface area contributed by atoms with Crippen molar-refractivity contribution < 1.29 is 10.2 Å². The van der Waals surface area contributed by atoms with Crippen LogP contribution in [0.4, 0.5) is 0 Å². The van der Waals surface area contributed by atoms with E-state index < -0.39 is 11.0 Å². The van der Waals surface area contributed by atoms with Crippen LogP contribution in [0.25, 0.3) is 0 Å². The molecule has 6 atom stereocenters. The Hall–Kier alpha value is -1.15. The quantitative estimate of drug-likeness (QED) is 0.581. The van der Waals surface area contributed by atoms with Gasteiger partial charge in [-0.15, -0.1) is 0 Å². The lowest BCUT2D eigenvalue weighted by Gasteiger charge is -2.55. The summed E-state index contributed by atoms with van der Waals surface area (Å²) in [4.78, 5) is 0. The van der Waals surface area contributed by atoms with Gasteiger partial charge in [0.15, 0.2) is 0 Å². The summed E-state index contributed by atoms with van der Waals surface area (Å²) in [5.41, 5.74) is -0.448. The number of nitrogens with one attached hydrogen (secondary N) is 1. The van der Waals surface area contributed by atoms with Gasteiger partial charge in [0.1, 0.15) is 5.41 Å². The summed E-state index contributed by atoms with van der Waals surface area (Å²) >= 11 is 0. The minimum absolute atomic E-state index is 0.0304. The summed E-state index contributed by atoms with van der Waals surface area (Å²) in [6.45, 7) is 2.25. The van der Waals surface area contributed by atoms with Gasteiger partial charge in [-0.1, -0.05) is 30.7 Å². The summed E-state index contributed by atoms with van der Waals surface area (Å²) in [5, 5.41) is 34.7. The van der Waals surface area contributed by atoms with Gasteiger partial charge in [-0.3, -0.25) is 0 Å². The molecule has 3 N–H and O–H groups in total. The third kappa shape index (κ3) is 2.95. The molecule has 0 aromatic heterocycles. The van der Waals surface area contributed by atoms with Crippen LogP contribution < -0.4 is 5.32 Å². The number of aliphatic hydroxyl groups excluding tert-OH is 1. The third-order valence-electron chi connectivity index (χ3n) is 7.42. The molecule has 0 radical (unpaired) electrons. The van der Waals surface area contributed by atoms with Crippen LogP contribution in [0, 0.1) is 34.0 Å². The molecule has 0 amide bonds. The molecule has 0 aromatic rings. The number of nitriles is 1. The second kappa shape index (κ2) is 7.11. The molecule has 0 bridgehead atoms. The fourth-order valence-electron chi connectivity index (χ4n) is 5.97. The average molecular weight is 359 g/mol. The fourth-order valence-corrected chi connectivity index (χ4v) is 5.97. The Kier molecular flexibility index (Phi) is 5.36. The number of aliphatic hydroxyl groups is 2. The molecule has 0 aromatic carbocycles. The van der Waals surface area contributed by atoms with E-state index in [0.29, 0.717) is 18.8 Å². The Morgan fingerprint density at radius 2 is 1.92 bits per heavy atom. The Balaban J connectivity index is 0.000000613. The van der Waals surface area contributed by atoms with Crippen molar-refractivity contribution in [1.29, 1.82) is 5.26 Å². The van der Waals surface area contributed by atoms with Gasteiger partial charge in [0.25, 0.3) is 0 Å². The number of nitrogens with zero attached hydrogens (tertiary/aromatic N) is 1. The lowest BCUT2D eigenvalue weighted by Crippen LogP contribution is -2.59. The van der Waals surface area contributed by atoms with Gasteiger partial charge in [-0.05, 0) is 76.8 Å². The molecule has 4 aliphatic rings. The lowest BCUT2D eigenvalue weighted by molar-refractivity contribution is -0.145. The van der Waals surface area contributed by atoms with Gasteiger partial charge in [-0.25, -0.2) is 0 Å². The highest BCUT2D eigenvalue weighted by molar-refractivity contribution is 5.35. The standard InChI is InChI=1S/C20H27NO2.C2H7N/c1-18-7-2-3-17(18)20(23)8-6-14-4-5-16(22)11-15(14)12-19(20,13-21)10-9-18;1-3-2/h2,7,12,14,16-17,22-23H,3-6,8-11H2,1H3;3H,1-2H3/t14?,16?,17?,18?,19?,20-;/m0./s1. The van der Waals surface area contributed by atoms with Crippen LogP contribution in [0.5, 0.6) is 0 Å². The molecular formula is C22H34N2O2. The predicted octanol–water partition coefficient (Wildman–Crippen LogP) is 3.32. The first-order valence-electron chi connectivity index (χ1n) is 10.1. The molecule has 26 heavy (non-hydrogen) atoms. The average Bonchev–Trinajstić information content (AvgIpc) is 2.95. The van der Waals surface area contributed by atoms with Crippen LogP contribution in [0.15, 0.2) is 23.8 Å². The van der Waals surface area contributed by atoms with Crippen LogP contribution in [-0.4, -0.2) is 36.0 Å². The van der Waals surface area contributed by atoms with E-state index in [1.165, 1.54) is 5.57 Å². The summed E-state index contributed by atoms with van der Waals surface area (Å²) < 4.78 is 0. The topological polar surface area (TPSA) is 76.3 Å². The van der Waals surface area contributed by atoms with Gasteiger partial charge in [0.2, 0.25) is 0 Å². The van der Waals surface area contributed by atoms with Crippen molar-refractivity contribution in [3.8, 4) is 6.07 Å². The molecule has 2 saturated carbocycles. The number of hydrogen-bond acceptors (Lipinski definition) is 4. The Labute approximate surface area is 158 Å². The first-order chi connectivity index (χ1) is 12.3. The van der Waals surface area contributed by atoms with Crippen LogP contribution in [0.2, 0.25) is 0 Å². The van der Waals surface area contributed by atoms with Crippen LogP contribution >= 0.6 is 0 Å². The van der Waals surface area contributed by atoms with Gasteiger partial charge < -0.3 is 15.5 Å². The van der Waals surface area contributed by atoms with E-state index in [9.17, 15) is 15.5 Å². The van der Waals surface area contributed by atoms with Crippen molar-refractivity contribution in [2.75, 3.05) is 14.1 Å². The van der Waals surface area contributed by atoms with Gasteiger partial charge in [0.05, 0.1) is 17.8 Å². The Morgan fingerprint density at radius 1 is 1.19 bits per heavy atom. The highest BCUT2D eigenvalue weighted by atomic mass is 16.3. The van der Waals surface area contributed by atoms with Crippen molar-refractivity contribution in [3.63, 3.8) is 0 Å². The lowest BCUT2D eigenvalue weighted by atomic mass is 9.50. The van der Waals surface area contributed by atoms with Crippen LogP contribution in [0.3, 0.4) is 0 Å². The molecule has 0 saturated heterocycles. The van der Waals surface area contributed by atoms with Crippen molar-refractivity contribution in [2.24, 2.45) is 22.7 Å². The van der Waals surface area contributed by atoms with Crippen molar-refractivity contribution in [1.82, 2.24) is 5.32 Å². The van der Waals surface area contributed by atoms with Gasteiger partial charge in [0, 0.05) is 5.92 Å². The first-order valence-corrected chi connectivity index (χ1v) is 10.1. The zero-order valence-electron chi connectivity index (χ0n) is 16.5. The maximum atomic E-state index is 11.8. The molecule has 4 aliphatic carbocycles. The summed E-state index contributed by atoms with van der Waals surface area (Å²) in [6.07, 6.45) is 13.0. The maximum Gasteiger partial charge on any atom is 0.105 e. The summed E-state index contributed by atoms with van der Waals surface area (Å²) in [6, 6.07) is 2.54. The van der Waals surface area contributed by atoms with E-state index in [1.807, 2.05) is 14.1 Å². The van der Waals surface area contributed by atoms with E-state index in [0.717, 1.165) is 38.5 Å². The van der Waals surface area contributed by atoms with Crippen molar-refractivity contribution >= 4 is 0 Å². The molecule has 4 nitrogen and oxygen atoms in total. The number of fused-ring (bicyclic) bond motifs is 4. The number of hydrogen-bond donors (Lipinski definition) is 3. The van der Waals surface area contributed by atoms with E-state index in [1.54, 1.807) is 0 Å². The smallest absolute Gasteiger partial charge is 0.105 e. The number of allylic oxidation sites excluding steroid dienone is 2. The molecule has 4 heteroatoms. The van der Waals surface area contributed by atoms with Crippen LogP contribution in [-0.2, 0) is 0 Å². The largest absolute Gasteiger partial charge is 0.393 e. The SMILES string of the molecule is CC12C=CCC1[C@@]1(O)CCC3CCC(O)CC3=CC1(C#N)CC2.CNC. The van der Waals surface area contributed by atoms with Crippen molar-refractivity contribution in [2.45, 2.75) is 70.0 Å². The summed E-state index contributed by atoms with van der Waals surface area (Å²) in [5.74, 6) is 0.587. The van der Waals surface area contributed by atoms with E-state index in [-0.39, 0.29) is 17.4 Å². The Morgan fingerprint density at radius 3 is 2.62 bits per heavy atom. The monoisotopic (exact) mass is 358 g/mol. The zero-order chi connectivity index (χ0) is 19.0. The van der Waals surface area contributed by atoms with Crippen molar-refractivity contribution in [3.05, 3.63) is 23.8 Å². The molecule has 4 rings (SSSR count). The molecule has 0 aliphatic heterocycles. The minimum atomic E-state index is -0.937. The van der Waals surface area contributed by atoms with E-state index >= 15 is 0 Å². The summed E-state index contributed by atoms with van der Waals surface area (Å²) in [7, 11) is 3.75. The van der Waals surface area contributed by atoms with Gasteiger partial charge in [-0.2, -0.15) is 5.26 Å². The molecular weight excluding hydrogens is 324 g/mol. The molecule has 0 heterocycles. The zero-order valence-corrected chi connectivity index (χ0v) is 16.5. The van der Waals surface area contributed by atoms with E-state index in [4.69, 9.17) is 0 Å². The maximum absolute atomic E-state index is 11.8. The van der Waals surface area contributed by atoms with Crippen LogP contribution in [0.1, 0.15) is 58.3 Å². The molecule has 0 spiro atoms. The highest BCUT2D eigenvalue weighted by Crippen LogP contribution is 2.63. The van der Waals surface area contributed by atoms with Gasteiger partial charge >= 0.3 is 0 Å². The minimum Gasteiger partial charge on any atom is -0.393 e. The fraction of sp³-hybridized carbons (Fsp3) is 0.773.